The molecular weight excluding hydrogens is 891 g/mol. The molecule has 0 N–H and O–H groups in total. The molecule has 7 heteroatoms. The number of hydrogen-bond acceptors (Lipinski definition) is 7. The minimum Gasteiger partial charge on any atom is -0.310 e. The van der Waals surface area contributed by atoms with Crippen molar-refractivity contribution in [3.8, 4) is 79.5 Å². The van der Waals surface area contributed by atoms with Crippen molar-refractivity contribution in [3.63, 3.8) is 0 Å². The highest BCUT2D eigenvalue weighted by Crippen LogP contribution is 2.39. The molecule has 0 atom stereocenters. The number of hydrogen-bond donors (Lipinski definition) is 0. The fourth-order valence-corrected chi connectivity index (χ4v) is 9.50. The average molecular weight is 935 g/mol. The Bertz CT molecular complexity index is 3890. The van der Waals surface area contributed by atoms with Gasteiger partial charge in [-0.1, -0.05) is 188 Å². The molecule has 2 aromatic heterocycles. The molecule has 7 nitrogen and oxygen atoms in total. The zero-order chi connectivity index (χ0) is 49.4. The van der Waals surface area contributed by atoms with Crippen LogP contribution in [0.2, 0.25) is 0 Å². The van der Waals surface area contributed by atoms with Gasteiger partial charge in [-0.15, -0.1) is 0 Å². The maximum atomic E-state index is 9.59. The Morgan fingerprint density at radius 3 is 1.04 bits per heavy atom. The number of benzene rings is 11. The van der Waals surface area contributed by atoms with Gasteiger partial charge in [0.05, 0.1) is 1.37 Å². The quantitative estimate of drug-likeness (QED) is 0.126. The van der Waals surface area contributed by atoms with Crippen molar-refractivity contribution >= 4 is 49.4 Å². The van der Waals surface area contributed by atoms with Crippen LogP contribution >= 0.6 is 0 Å². The largest absolute Gasteiger partial charge is 0.310 e. The van der Waals surface area contributed by atoms with Crippen LogP contribution in [0.3, 0.4) is 0 Å². The summed E-state index contributed by atoms with van der Waals surface area (Å²) in [5, 5.41) is 6.70. The smallest absolute Gasteiger partial charge is 0.164 e. The summed E-state index contributed by atoms with van der Waals surface area (Å²) >= 11 is 0. The molecule has 342 valence electrons. The van der Waals surface area contributed by atoms with Crippen LogP contribution in [0.1, 0.15) is 1.37 Å². The molecular formula is C66H43N7. The number of rotatable bonds is 10. The van der Waals surface area contributed by atoms with Crippen molar-refractivity contribution in [2.75, 3.05) is 4.90 Å². The van der Waals surface area contributed by atoms with Crippen molar-refractivity contribution in [2.24, 2.45) is 0 Å². The first-order valence-corrected chi connectivity index (χ1v) is 24.3. The highest BCUT2D eigenvalue weighted by Gasteiger charge is 2.18. The average Bonchev–Trinajstić information content (AvgIpc) is 3.48. The fraction of sp³-hybridized carbons (Fsp3) is 0. The van der Waals surface area contributed by atoms with Crippen LogP contribution in [0, 0.1) is 0 Å². The van der Waals surface area contributed by atoms with Gasteiger partial charge >= 0.3 is 0 Å². The third-order valence-electron chi connectivity index (χ3n) is 13.2. The van der Waals surface area contributed by atoms with Crippen molar-refractivity contribution in [3.05, 3.63) is 261 Å². The Labute approximate surface area is 423 Å². The van der Waals surface area contributed by atoms with E-state index in [0.717, 1.165) is 72.3 Å². The summed E-state index contributed by atoms with van der Waals surface area (Å²) in [6.07, 6.45) is 0. The van der Waals surface area contributed by atoms with Crippen LogP contribution < -0.4 is 4.90 Å². The molecule has 0 aliphatic rings. The number of anilines is 3. The normalized spacial score (nSPS) is 11.5. The van der Waals surface area contributed by atoms with Gasteiger partial charge in [-0.05, 0) is 116 Å². The fourth-order valence-electron chi connectivity index (χ4n) is 9.50. The van der Waals surface area contributed by atoms with Crippen molar-refractivity contribution in [2.45, 2.75) is 0 Å². The predicted molar refractivity (Wildman–Crippen MR) is 298 cm³/mol. The van der Waals surface area contributed by atoms with Crippen LogP contribution in [0.15, 0.2) is 261 Å². The van der Waals surface area contributed by atoms with Crippen LogP contribution in [-0.4, -0.2) is 29.9 Å². The van der Waals surface area contributed by atoms with Gasteiger partial charge in [-0.2, -0.15) is 0 Å². The lowest BCUT2D eigenvalue weighted by molar-refractivity contribution is 1.07. The highest BCUT2D eigenvalue weighted by atomic mass is 15.1. The Morgan fingerprint density at radius 1 is 0.233 bits per heavy atom. The molecule has 0 spiro atoms. The van der Waals surface area contributed by atoms with E-state index in [1.54, 1.807) is 0 Å². The zero-order valence-corrected chi connectivity index (χ0v) is 39.4. The van der Waals surface area contributed by atoms with Gasteiger partial charge in [0.25, 0.3) is 0 Å². The third-order valence-corrected chi connectivity index (χ3v) is 13.2. The van der Waals surface area contributed by atoms with E-state index in [0.29, 0.717) is 41.0 Å². The maximum absolute atomic E-state index is 9.59. The van der Waals surface area contributed by atoms with Crippen LogP contribution in [0.4, 0.5) is 17.1 Å². The lowest BCUT2D eigenvalue weighted by Gasteiger charge is -2.26. The first-order valence-electron chi connectivity index (χ1n) is 24.8. The molecule has 0 aliphatic carbocycles. The molecule has 0 saturated carbocycles. The summed E-state index contributed by atoms with van der Waals surface area (Å²) < 4.78 is 9.59. The molecule has 13 rings (SSSR count). The molecule has 2 heterocycles. The van der Waals surface area contributed by atoms with E-state index >= 15 is 0 Å². The Morgan fingerprint density at radius 2 is 0.575 bits per heavy atom. The summed E-state index contributed by atoms with van der Waals surface area (Å²) in [6.45, 7) is 0. The van der Waals surface area contributed by atoms with Gasteiger partial charge in [0.15, 0.2) is 34.9 Å². The van der Waals surface area contributed by atoms with Crippen LogP contribution in [-0.2, 0) is 0 Å². The van der Waals surface area contributed by atoms with Gasteiger partial charge in [-0.25, -0.2) is 29.9 Å². The van der Waals surface area contributed by atoms with E-state index in [4.69, 9.17) is 29.9 Å². The molecule has 13 aromatic rings. The summed E-state index contributed by atoms with van der Waals surface area (Å²) in [7, 11) is 0. The first kappa shape index (κ1) is 41.9. The van der Waals surface area contributed by atoms with E-state index in [2.05, 4.69) is 132 Å². The van der Waals surface area contributed by atoms with Crippen molar-refractivity contribution < 1.29 is 1.37 Å². The minimum absolute atomic E-state index is 0.420. The van der Waals surface area contributed by atoms with Gasteiger partial charge < -0.3 is 4.90 Å². The molecule has 0 fully saturated rings. The minimum atomic E-state index is 0.420. The van der Waals surface area contributed by atoms with Crippen molar-refractivity contribution in [1.29, 1.82) is 0 Å². The third kappa shape index (κ3) is 8.62. The molecule has 0 aliphatic heterocycles. The highest BCUT2D eigenvalue weighted by molar-refractivity contribution is 6.08. The second-order valence-electron chi connectivity index (χ2n) is 17.9. The predicted octanol–water partition coefficient (Wildman–Crippen LogP) is 16.7. The molecule has 73 heavy (non-hydrogen) atoms. The topological polar surface area (TPSA) is 80.6 Å². The molecule has 0 unspecified atom stereocenters. The lowest BCUT2D eigenvalue weighted by Crippen LogP contribution is -2.10. The number of nitrogens with zero attached hydrogens (tertiary/aromatic N) is 7. The Balaban J connectivity index is 0.908. The maximum Gasteiger partial charge on any atom is 0.164 e. The van der Waals surface area contributed by atoms with E-state index in [-0.39, 0.29) is 0 Å². The molecule has 0 amide bonds. The number of fused-ring (bicyclic) bond motifs is 4. The van der Waals surface area contributed by atoms with Crippen molar-refractivity contribution in [1.82, 2.24) is 29.9 Å². The Hall–Kier alpha value is -9.98. The summed E-state index contributed by atoms with van der Waals surface area (Å²) in [4.78, 5) is 32.0. The first-order chi connectivity index (χ1) is 36.5. The van der Waals surface area contributed by atoms with E-state index in [1.165, 1.54) is 21.5 Å². The van der Waals surface area contributed by atoms with E-state index < -0.39 is 0 Å². The zero-order valence-electron chi connectivity index (χ0n) is 40.4. The summed E-state index contributed by atoms with van der Waals surface area (Å²) in [6, 6.07) is 87.1. The monoisotopic (exact) mass is 934 g/mol. The van der Waals surface area contributed by atoms with Gasteiger partial charge in [0.2, 0.25) is 0 Å². The van der Waals surface area contributed by atoms with Crippen LogP contribution in [0.5, 0.6) is 0 Å². The number of aromatic nitrogens is 6. The van der Waals surface area contributed by atoms with Gasteiger partial charge in [0.1, 0.15) is 0 Å². The van der Waals surface area contributed by atoms with Gasteiger partial charge in [0, 0.05) is 50.4 Å². The second-order valence-corrected chi connectivity index (χ2v) is 17.9. The van der Waals surface area contributed by atoms with Crippen LogP contribution in [0.25, 0.3) is 112 Å². The standard InChI is InChI=1S/C66H43N7/c1-5-16-45(17-6-1)61-67-62(46-18-7-2-8-19-46)70-65(69-61)49-29-35-56(36-30-49)73(57-37-31-50(32-38-57)66-71-63(47-20-9-3-10-21-47)68-64(72-66)48-22-11-4-12-23-48)58-39-33-52-41-51(26-27-54(52)43-58)53-34-40-60-55(42-53)28-25-44-15-13-14-24-59(44)60/h1-43H/i33D. The molecule has 11 aromatic carbocycles. The summed E-state index contributed by atoms with van der Waals surface area (Å²) in [5.41, 5.74) is 10.1. The van der Waals surface area contributed by atoms with Gasteiger partial charge in [-0.3, -0.25) is 0 Å². The summed E-state index contributed by atoms with van der Waals surface area (Å²) in [5.74, 6) is 3.53. The molecule has 0 radical (unpaired) electrons. The van der Waals surface area contributed by atoms with E-state index in [9.17, 15) is 1.37 Å². The molecule has 0 bridgehead atoms. The lowest BCUT2D eigenvalue weighted by atomic mass is 9.96. The van der Waals surface area contributed by atoms with E-state index in [1.807, 2.05) is 127 Å². The SMILES string of the molecule is [2H]c1cc(N(c2ccc(-c3nc(-c4ccccc4)nc(-c4ccccc4)n3)cc2)c2ccc(-c3nc(-c4ccccc4)nc(-c4ccccc4)n3)cc2)cc2ccc(-c3ccc4c(ccc5ccccc54)c3)cc12. The molecule has 0 saturated heterocycles. The second kappa shape index (κ2) is 18.7. The Kier molecular flexibility index (Phi) is 10.8.